The summed E-state index contributed by atoms with van der Waals surface area (Å²) >= 11 is 5.24. The van der Waals surface area contributed by atoms with Crippen LogP contribution in [0.1, 0.15) is 50.4 Å². The summed E-state index contributed by atoms with van der Waals surface area (Å²) in [7, 11) is 0. The molecule has 0 spiro atoms. The van der Waals surface area contributed by atoms with Gasteiger partial charge in [-0.2, -0.15) is 0 Å². The molecule has 0 aromatic heterocycles. The van der Waals surface area contributed by atoms with Crippen LogP contribution in [0, 0.1) is 5.92 Å². The largest absolute Gasteiger partial charge is 0.462 e. The van der Waals surface area contributed by atoms with Crippen molar-refractivity contribution in [3.05, 3.63) is 23.8 Å². The molecule has 29 heavy (non-hydrogen) atoms. The topological polar surface area (TPSA) is 79.9 Å². The van der Waals surface area contributed by atoms with E-state index < -0.39 is 0 Å². The van der Waals surface area contributed by atoms with Crippen LogP contribution in [0.5, 0.6) is 0 Å². The fourth-order valence-electron chi connectivity index (χ4n) is 2.90. The van der Waals surface area contributed by atoms with Crippen LogP contribution in [0.2, 0.25) is 0 Å². The zero-order chi connectivity index (χ0) is 21.2. The lowest BCUT2D eigenvalue weighted by Gasteiger charge is -2.30. The Kier molecular flexibility index (Phi) is 9.34. The van der Waals surface area contributed by atoms with Gasteiger partial charge in [-0.3, -0.25) is 4.79 Å². The smallest absolute Gasteiger partial charge is 0.340 e. The van der Waals surface area contributed by atoms with Crippen LogP contribution < -0.4 is 15.5 Å². The fraction of sp³-hybridized carbons (Fsp3) is 0.571. The van der Waals surface area contributed by atoms with E-state index in [9.17, 15) is 9.59 Å². The average Bonchev–Trinajstić information content (AvgIpc) is 2.71. The minimum atomic E-state index is -0.371. The van der Waals surface area contributed by atoms with Gasteiger partial charge in [0, 0.05) is 25.2 Å². The Hall–Kier alpha value is -2.19. The maximum absolute atomic E-state index is 12.6. The van der Waals surface area contributed by atoms with Crippen molar-refractivity contribution in [2.24, 2.45) is 5.92 Å². The fourth-order valence-corrected chi connectivity index (χ4v) is 3.13. The Morgan fingerprint density at radius 2 is 2.00 bits per heavy atom. The third-order valence-corrected chi connectivity index (χ3v) is 4.67. The molecule has 1 fully saturated rings. The Bertz CT molecular complexity index is 718. The van der Waals surface area contributed by atoms with Crippen LogP contribution in [0.3, 0.4) is 0 Å². The molecule has 1 heterocycles. The number of hydrogen-bond acceptors (Lipinski definition) is 6. The molecule has 2 rings (SSSR count). The third kappa shape index (κ3) is 7.62. The Morgan fingerprint density at radius 3 is 2.66 bits per heavy atom. The van der Waals surface area contributed by atoms with Gasteiger partial charge >= 0.3 is 5.97 Å². The number of morpholine rings is 1. The molecular weight excluding hydrogens is 390 g/mol. The number of amides is 1. The summed E-state index contributed by atoms with van der Waals surface area (Å²) in [4.78, 5) is 26.7. The van der Waals surface area contributed by atoms with Gasteiger partial charge in [-0.15, -0.1) is 0 Å². The van der Waals surface area contributed by atoms with Gasteiger partial charge in [0.2, 0.25) is 5.91 Å². The van der Waals surface area contributed by atoms with Crippen LogP contribution in [-0.4, -0.2) is 49.9 Å². The van der Waals surface area contributed by atoms with Gasteiger partial charge in [-0.05, 0) is 49.2 Å². The number of hydrogen-bond donors (Lipinski definition) is 2. The lowest BCUT2D eigenvalue weighted by molar-refractivity contribution is -0.119. The summed E-state index contributed by atoms with van der Waals surface area (Å²) in [6, 6.07) is 5.43. The van der Waals surface area contributed by atoms with Gasteiger partial charge in [-0.25, -0.2) is 4.79 Å². The second-order valence-electron chi connectivity index (χ2n) is 7.40. The van der Waals surface area contributed by atoms with Crippen molar-refractivity contribution in [2.45, 2.75) is 40.0 Å². The summed E-state index contributed by atoms with van der Waals surface area (Å²) in [6.07, 6.45) is 1.98. The van der Waals surface area contributed by atoms with Crippen molar-refractivity contribution in [3.63, 3.8) is 0 Å². The number of anilines is 2. The number of esters is 1. The number of carbonyl (C=O) groups is 2. The first-order valence-electron chi connectivity index (χ1n) is 10.2. The van der Waals surface area contributed by atoms with Gasteiger partial charge in [0.05, 0.1) is 31.1 Å². The van der Waals surface area contributed by atoms with E-state index >= 15 is 0 Å². The average molecular weight is 422 g/mol. The molecule has 8 heteroatoms. The molecule has 7 nitrogen and oxygen atoms in total. The van der Waals surface area contributed by atoms with E-state index in [0.29, 0.717) is 56.5 Å². The van der Waals surface area contributed by atoms with E-state index in [1.165, 1.54) is 0 Å². The van der Waals surface area contributed by atoms with E-state index in [4.69, 9.17) is 21.7 Å². The SMILES string of the molecule is CCCOC(=O)c1cc(NC(=S)NC(=O)CCC(C)C)ccc1N1CCOCC1. The minimum Gasteiger partial charge on any atom is -0.462 e. The highest BCUT2D eigenvalue weighted by Gasteiger charge is 2.20. The van der Waals surface area contributed by atoms with Crippen molar-refractivity contribution in [1.82, 2.24) is 5.32 Å². The molecule has 0 bridgehead atoms. The van der Waals surface area contributed by atoms with Crippen LogP contribution in [0.25, 0.3) is 0 Å². The predicted octanol–water partition coefficient (Wildman–Crippen LogP) is 3.34. The zero-order valence-electron chi connectivity index (χ0n) is 17.5. The van der Waals surface area contributed by atoms with Gasteiger partial charge < -0.3 is 25.0 Å². The summed E-state index contributed by atoms with van der Waals surface area (Å²) in [5, 5.41) is 5.89. The summed E-state index contributed by atoms with van der Waals surface area (Å²) in [5.74, 6) is -0.0423. The van der Waals surface area contributed by atoms with Crippen LogP contribution in [0.4, 0.5) is 11.4 Å². The van der Waals surface area contributed by atoms with Gasteiger partial charge in [-0.1, -0.05) is 20.8 Å². The highest BCUT2D eigenvalue weighted by molar-refractivity contribution is 7.80. The molecule has 0 saturated carbocycles. The van der Waals surface area contributed by atoms with Crippen LogP contribution >= 0.6 is 12.2 Å². The monoisotopic (exact) mass is 421 g/mol. The molecular formula is C21H31N3O4S. The standard InChI is InChI=1S/C21H31N3O4S/c1-4-11-28-20(26)17-14-16(6-7-18(17)24-9-12-27-13-10-24)22-21(29)23-19(25)8-5-15(2)3/h6-7,14-15H,4-5,8-13H2,1-3H3,(H2,22,23,25,29). The summed E-state index contributed by atoms with van der Waals surface area (Å²) < 4.78 is 10.8. The van der Waals surface area contributed by atoms with E-state index in [0.717, 1.165) is 18.5 Å². The van der Waals surface area contributed by atoms with Crippen molar-refractivity contribution in [1.29, 1.82) is 0 Å². The first-order chi connectivity index (χ1) is 13.9. The van der Waals surface area contributed by atoms with Gasteiger partial charge in [0.15, 0.2) is 5.11 Å². The van der Waals surface area contributed by atoms with E-state index in [-0.39, 0.29) is 17.0 Å². The highest BCUT2D eigenvalue weighted by Crippen LogP contribution is 2.26. The van der Waals surface area contributed by atoms with Crippen molar-refractivity contribution in [2.75, 3.05) is 43.1 Å². The minimum absolute atomic E-state index is 0.122. The second kappa shape index (κ2) is 11.7. The molecule has 1 aromatic rings. The lowest BCUT2D eigenvalue weighted by atomic mass is 10.1. The molecule has 1 aliphatic heterocycles. The number of nitrogens with zero attached hydrogens (tertiary/aromatic N) is 1. The van der Waals surface area contributed by atoms with Gasteiger partial charge in [0.1, 0.15) is 0 Å². The molecule has 0 radical (unpaired) electrons. The maximum atomic E-state index is 12.6. The zero-order valence-corrected chi connectivity index (χ0v) is 18.3. The number of benzene rings is 1. The summed E-state index contributed by atoms with van der Waals surface area (Å²) in [5.41, 5.74) is 1.91. The molecule has 0 aliphatic carbocycles. The molecule has 1 aromatic carbocycles. The number of thiocarbonyl (C=S) groups is 1. The molecule has 1 saturated heterocycles. The lowest BCUT2D eigenvalue weighted by Crippen LogP contribution is -2.37. The number of rotatable bonds is 8. The molecule has 160 valence electrons. The third-order valence-electron chi connectivity index (χ3n) is 4.47. The Labute approximate surface area is 178 Å². The van der Waals surface area contributed by atoms with E-state index in [1.807, 2.05) is 19.1 Å². The molecule has 0 unspecified atom stereocenters. The maximum Gasteiger partial charge on any atom is 0.340 e. The predicted molar refractivity (Wildman–Crippen MR) is 118 cm³/mol. The molecule has 0 atom stereocenters. The summed E-state index contributed by atoms with van der Waals surface area (Å²) in [6.45, 7) is 9.12. The first-order valence-corrected chi connectivity index (χ1v) is 10.6. The Balaban J connectivity index is 2.10. The van der Waals surface area contributed by atoms with E-state index in [2.05, 4.69) is 29.4 Å². The molecule has 2 N–H and O–H groups in total. The molecule has 1 aliphatic rings. The number of ether oxygens (including phenoxy) is 2. The molecule has 1 amide bonds. The first kappa shape index (κ1) is 23.1. The van der Waals surface area contributed by atoms with Gasteiger partial charge in [0.25, 0.3) is 0 Å². The number of carbonyl (C=O) groups excluding carboxylic acids is 2. The van der Waals surface area contributed by atoms with Crippen molar-refractivity contribution < 1.29 is 19.1 Å². The quantitative estimate of drug-likeness (QED) is 0.492. The van der Waals surface area contributed by atoms with Crippen molar-refractivity contribution >= 4 is 40.6 Å². The highest BCUT2D eigenvalue weighted by atomic mass is 32.1. The normalized spacial score (nSPS) is 13.9. The van der Waals surface area contributed by atoms with Crippen LogP contribution in [-0.2, 0) is 14.3 Å². The second-order valence-corrected chi connectivity index (χ2v) is 7.81. The van der Waals surface area contributed by atoms with Crippen LogP contribution in [0.15, 0.2) is 18.2 Å². The van der Waals surface area contributed by atoms with E-state index in [1.54, 1.807) is 6.07 Å². The van der Waals surface area contributed by atoms with Crippen molar-refractivity contribution in [3.8, 4) is 0 Å². The Morgan fingerprint density at radius 1 is 1.28 bits per heavy atom. The number of nitrogens with one attached hydrogen (secondary N) is 2.